The third kappa shape index (κ3) is 3.67. The zero-order chi connectivity index (χ0) is 17.2. The van der Waals surface area contributed by atoms with E-state index in [-0.39, 0.29) is 11.3 Å². The Balaban J connectivity index is 2.29. The summed E-state index contributed by atoms with van der Waals surface area (Å²) in [5.74, 6) is -0.305. The van der Waals surface area contributed by atoms with Crippen molar-refractivity contribution in [3.8, 4) is 11.5 Å². The molecule has 2 rings (SSSR count). The molecule has 0 aliphatic carbocycles. The fourth-order valence-corrected chi connectivity index (χ4v) is 2.77. The monoisotopic (exact) mass is 320 g/mol. The second-order valence-corrected chi connectivity index (χ2v) is 6.43. The Labute approximate surface area is 136 Å². The summed E-state index contributed by atoms with van der Waals surface area (Å²) in [6, 6.07) is 2.93. The average molecular weight is 320 g/mol. The minimum Gasteiger partial charge on any atom is -0.504 e. The van der Waals surface area contributed by atoms with Gasteiger partial charge in [0.1, 0.15) is 5.60 Å². The predicted octanol–water partition coefficient (Wildman–Crippen LogP) is 2.98. The number of benzene rings is 1. The van der Waals surface area contributed by atoms with Gasteiger partial charge in [-0.3, -0.25) is 0 Å². The maximum atomic E-state index is 11.6. The number of hydrogen-bond donors (Lipinski definition) is 2. The van der Waals surface area contributed by atoms with Crippen molar-refractivity contribution in [1.29, 1.82) is 0 Å². The molecule has 0 radical (unpaired) electrons. The van der Waals surface area contributed by atoms with E-state index in [1.54, 1.807) is 6.07 Å². The lowest BCUT2D eigenvalue weighted by atomic mass is 9.85. The van der Waals surface area contributed by atoms with Gasteiger partial charge in [0.2, 0.25) is 0 Å². The van der Waals surface area contributed by atoms with Crippen LogP contribution in [-0.4, -0.2) is 35.0 Å². The second kappa shape index (κ2) is 6.62. The molecule has 1 heterocycles. The molecule has 2 atom stereocenters. The first kappa shape index (κ1) is 17.3. The first-order chi connectivity index (χ1) is 10.8. The van der Waals surface area contributed by atoms with E-state index in [1.807, 2.05) is 20.8 Å². The van der Waals surface area contributed by atoms with E-state index >= 15 is 0 Å². The third-order valence-electron chi connectivity index (χ3n) is 4.21. The molecule has 0 saturated heterocycles. The number of allylic oxidation sites excluding steroid dienone is 2. The lowest BCUT2D eigenvalue weighted by molar-refractivity contribution is -0.0600. The van der Waals surface area contributed by atoms with E-state index in [0.29, 0.717) is 24.2 Å². The van der Waals surface area contributed by atoms with E-state index in [2.05, 4.69) is 10.8 Å². The number of esters is 1. The van der Waals surface area contributed by atoms with E-state index in [1.165, 1.54) is 18.7 Å². The predicted molar refractivity (Wildman–Crippen MR) is 86.9 cm³/mol. The lowest BCUT2D eigenvalue weighted by Gasteiger charge is -2.40. The highest BCUT2D eigenvalue weighted by Gasteiger charge is 2.40. The number of phenols is 1. The number of phenolic OH excluding ortho intramolecular Hbond substituents is 1. The van der Waals surface area contributed by atoms with Crippen LogP contribution in [0.25, 0.3) is 0 Å². The Morgan fingerprint density at radius 2 is 2.17 bits per heavy atom. The van der Waals surface area contributed by atoms with Crippen molar-refractivity contribution >= 4 is 5.97 Å². The van der Waals surface area contributed by atoms with Crippen molar-refractivity contribution in [3.63, 3.8) is 0 Å². The van der Waals surface area contributed by atoms with Crippen LogP contribution in [0.15, 0.2) is 23.8 Å². The number of carbonyl (C=O) groups excluding carboxylic acids is 1. The molecule has 0 fully saturated rings. The Kier molecular flexibility index (Phi) is 5.00. The molecule has 0 unspecified atom stereocenters. The van der Waals surface area contributed by atoms with Gasteiger partial charge in [-0.15, -0.1) is 0 Å². The summed E-state index contributed by atoms with van der Waals surface area (Å²) in [4.78, 5) is 11.6. The molecule has 126 valence electrons. The van der Waals surface area contributed by atoms with Gasteiger partial charge in [0.05, 0.1) is 18.8 Å². The van der Waals surface area contributed by atoms with Crippen molar-refractivity contribution in [3.05, 3.63) is 34.9 Å². The molecule has 5 nitrogen and oxygen atoms in total. The molecule has 1 aromatic carbocycles. The fourth-order valence-electron chi connectivity index (χ4n) is 2.77. The number of rotatable bonds is 4. The van der Waals surface area contributed by atoms with E-state index in [0.717, 1.165) is 6.42 Å². The fraction of sp³-hybridized carbons (Fsp3) is 0.500. The largest absolute Gasteiger partial charge is 0.504 e. The zero-order valence-corrected chi connectivity index (χ0v) is 14.0. The van der Waals surface area contributed by atoms with Gasteiger partial charge in [0, 0.05) is 12.0 Å². The van der Waals surface area contributed by atoms with Gasteiger partial charge in [-0.1, -0.05) is 11.6 Å². The van der Waals surface area contributed by atoms with Gasteiger partial charge in [0.15, 0.2) is 11.5 Å². The van der Waals surface area contributed by atoms with Gasteiger partial charge >= 0.3 is 5.97 Å². The van der Waals surface area contributed by atoms with Crippen LogP contribution in [-0.2, 0) is 11.2 Å². The summed E-state index contributed by atoms with van der Waals surface area (Å²) in [6.45, 7) is 5.89. The van der Waals surface area contributed by atoms with Crippen LogP contribution in [0.5, 0.6) is 11.5 Å². The van der Waals surface area contributed by atoms with Gasteiger partial charge < -0.3 is 19.7 Å². The van der Waals surface area contributed by atoms with Crippen LogP contribution in [0, 0.1) is 0 Å². The Hall–Kier alpha value is -2.01. The number of aromatic hydroxyl groups is 1. The van der Waals surface area contributed by atoms with Crippen LogP contribution < -0.4 is 4.74 Å². The third-order valence-corrected chi connectivity index (χ3v) is 4.21. The number of fused-ring (bicyclic) bond motifs is 1. The standard InChI is InChI=1S/C18H24O5/c1-11(2)6-5-7-18(3)15(20)10-12-8-13(17(21)22-4)9-14(19)16(12)23-18/h6,8-9,15,19-20H,5,7,10H2,1-4H3/t15-,18-/m1/s1. The number of hydrogen-bond acceptors (Lipinski definition) is 5. The van der Waals surface area contributed by atoms with Crippen molar-refractivity contribution in [2.45, 2.75) is 51.7 Å². The topological polar surface area (TPSA) is 76.0 Å². The van der Waals surface area contributed by atoms with Crippen LogP contribution in [0.3, 0.4) is 0 Å². The highest BCUT2D eigenvalue weighted by molar-refractivity contribution is 5.90. The summed E-state index contributed by atoms with van der Waals surface area (Å²) in [6.07, 6.45) is 3.12. The van der Waals surface area contributed by atoms with Gasteiger partial charge in [-0.2, -0.15) is 0 Å². The number of aliphatic hydroxyl groups excluding tert-OH is 1. The molecule has 2 N–H and O–H groups in total. The summed E-state index contributed by atoms with van der Waals surface area (Å²) in [7, 11) is 1.28. The maximum Gasteiger partial charge on any atom is 0.337 e. The zero-order valence-electron chi connectivity index (χ0n) is 14.0. The average Bonchev–Trinajstić information content (AvgIpc) is 2.48. The number of carbonyl (C=O) groups is 1. The van der Waals surface area contributed by atoms with Crippen molar-refractivity contribution in [1.82, 2.24) is 0 Å². The first-order valence-corrected chi connectivity index (χ1v) is 7.71. The molecule has 5 heteroatoms. The molecule has 0 amide bonds. The van der Waals surface area contributed by atoms with Crippen molar-refractivity contribution < 1.29 is 24.5 Å². The molecule has 1 aliphatic heterocycles. The quantitative estimate of drug-likeness (QED) is 0.659. The Morgan fingerprint density at radius 3 is 2.78 bits per heavy atom. The molecule has 0 bridgehead atoms. The van der Waals surface area contributed by atoms with Crippen LogP contribution in [0.1, 0.15) is 49.5 Å². The number of aliphatic hydroxyl groups is 1. The number of ether oxygens (including phenoxy) is 2. The lowest BCUT2D eigenvalue weighted by Crippen LogP contribution is -2.48. The summed E-state index contributed by atoms with van der Waals surface area (Å²) < 4.78 is 10.6. The summed E-state index contributed by atoms with van der Waals surface area (Å²) in [5, 5.41) is 20.7. The van der Waals surface area contributed by atoms with Crippen LogP contribution in [0.2, 0.25) is 0 Å². The Bertz CT molecular complexity index is 631. The smallest absolute Gasteiger partial charge is 0.337 e. The van der Waals surface area contributed by atoms with E-state index in [4.69, 9.17) is 4.74 Å². The van der Waals surface area contributed by atoms with E-state index in [9.17, 15) is 15.0 Å². The molecule has 0 aromatic heterocycles. The molecular formula is C18H24O5. The van der Waals surface area contributed by atoms with Gasteiger partial charge in [-0.25, -0.2) is 4.79 Å². The molecule has 0 spiro atoms. The SMILES string of the molecule is COC(=O)c1cc(O)c2c(c1)C[C@@H](O)[C@@](C)(CCC=C(C)C)O2. The normalized spacial score (nSPS) is 22.7. The second-order valence-electron chi connectivity index (χ2n) is 6.43. The maximum absolute atomic E-state index is 11.6. The van der Waals surface area contributed by atoms with Crippen molar-refractivity contribution in [2.75, 3.05) is 7.11 Å². The molecule has 1 aromatic rings. The minimum atomic E-state index is -0.775. The van der Waals surface area contributed by atoms with Crippen LogP contribution in [0.4, 0.5) is 0 Å². The van der Waals surface area contributed by atoms with Gasteiger partial charge in [-0.05, 0) is 45.7 Å². The molecular weight excluding hydrogens is 296 g/mol. The minimum absolute atomic E-state index is 0.108. The molecule has 0 saturated carbocycles. The number of methoxy groups -OCH3 is 1. The van der Waals surface area contributed by atoms with Crippen LogP contribution >= 0.6 is 0 Å². The Morgan fingerprint density at radius 1 is 1.48 bits per heavy atom. The molecule has 1 aliphatic rings. The van der Waals surface area contributed by atoms with Crippen molar-refractivity contribution in [2.24, 2.45) is 0 Å². The van der Waals surface area contributed by atoms with E-state index < -0.39 is 17.7 Å². The van der Waals surface area contributed by atoms with Gasteiger partial charge in [0.25, 0.3) is 0 Å². The first-order valence-electron chi connectivity index (χ1n) is 7.71. The summed E-state index contributed by atoms with van der Waals surface area (Å²) >= 11 is 0. The molecule has 23 heavy (non-hydrogen) atoms. The highest BCUT2D eigenvalue weighted by Crippen LogP contribution is 2.42. The highest BCUT2D eigenvalue weighted by atomic mass is 16.5. The summed E-state index contributed by atoms with van der Waals surface area (Å²) in [5.41, 5.74) is 1.29.